The molecule has 1 aromatic heterocycles. The number of hydrogen-bond donors (Lipinski definition) is 1. The van der Waals surface area contributed by atoms with Gasteiger partial charge >= 0.3 is 0 Å². The SMILES string of the molecule is Cc1ccc(-c2ncco2)cc1-c1ccc(CC(=O)C2CCCN2)cc1. The van der Waals surface area contributed by atoms with E-state index in [9.17, 15) is 4.79 Å². The minimum atomic E-state index is 0.0365. The van der Waals surface area contributed by atoms with E-state index < -0.39 is 0 Å². The van der Waals surface area contributed by atoms with Crippen LogP contribution in [0.2, 0.25) is 0 Å². The third-order valence-electron chi connectivity index (χ3n) is 5.01. The Hall–Kier alpha value is -2.72. The Morgan fingerprint density at radius 2 is 2.00 bits per heavy atom. The number of ketones is 1. The molecule has 0 radical (unpaired) electrons. The van der Waals surface area contributed by atoms with Gasteiger partial charge in [-0.25, -0.2) is 4.98 Å². The van der Waals surface area contributed by atoms with Crippen LogP contribution in [0.15, 0.2) is 59.3 Å². The summed E-state index contributed by atoms with van der Waals surface area (Å²) in [5.41, 5.74) is 5.50. The van der Waals surface area contributed by atoms with Crippen molar-refractivity contribution in [1.29, 1.82) is 0 Å². The normalized spacial score (nSPS) is 16.7. The minimum Gasteiger partial charge on any atom is -0.445 e. The summed E-state index contributed by atoms with van der Waals surface area (Å²) in [6.07, 6.45) is 5.78. The highest BCUT2D eigenvalue weighted by atomic mass is 16.3. The predicted molar refractivity (Wildman–Crippen MR) is 102 cm³/mol. The zero-order chi connectivity index (χ0) is 17.9. The third-order valence-corrected chi connectivity index (χ3v) is 5.01. The first-order valence-electron chi connectivity index (χ1n) is 9.06. The van der Waals surface area contributed by atoms with Crippen molar-refractivity contribution in [2.75, 3.05) is 6.54 Å². The van der Waals surface area contributed by atoms with Crippen LogP contribution >= 0.6 is 0 Å². The van der Waals surface area contributed by atoms with Crippen LogP contribution in [0.4, 0.5) is 0 Å². The lowest BCUT2D eigenvalue weighted by Crippen LogP contribution is -2.31. The summed E-state index contributed by atoms with van der Waals surface area (Å²) in [5, 5.41) is 3.28. The Balaban J connectivity index is 1.55. The van der Waals surface area contributed by atoms with Gasteiger partial charge in [0.25, 0.3) is 0 Å². The van der Waals surface area contributed by atoms with Gasteiger partial charge in [0.15, 0.2) is 5.78 Å². The second-order valence-electron chi connectivity index (χ2n) is 6.86. The quantitative estimate of drug-likeness (QED) is 0.753. The van der Waals surface area contributed by atoms with E-state index in [2.05, 4.69) is 53.6 Å². The van der Waals surface area contributed by atoms with Gasteiger partial charge in [-0.1, -0.05) is 30.3 Å². The monoisotopic (exact) mass is 346 g/mol. The second kappa shape index (κ2) is 7.26. The number of aromatic nitrogens is 1. The Morgan fingerprint density at radius 3 is 2.69 bits per heavy atom. The van der Waals surface area contributed by atoms with E-state index in [4.69, 9.17) is 4.42 Å². The predicted octanol–water partition coefficient (Wildman–Crippen LogP) is 4.18. The molecule has 132 valence electrons. The van der Waals surface area contributed by atoms with Crippen molar-refractivity contribution in [1.82, 2.24) is 10.3 Å². The molecule has 1 N–H and O–H groups in total. The molecule has 1 atom stereocenters. The van der Waals surface area contributed by atoms with Crippen LogP contribution in [0.1, 0.15) is 24.0 Å². The van der Waals surface area contributed by atoms with Gasteiger partial charge in [0.2, 0.25) is 5.89 Å². The highest BCUT2D eigenvalue weighted by molar-refractivity contribution is 5.86. The topological polar surface area (TPSA) is 55.1 Å². The first kappa shape index (κ1) is 16.7. The number of nitrogens with one attached hydrogen (secondary N) is 1. The number of rotatable bonds is 5. The van der Waals surface area contributed by atoms with Crippen molar-refractivity contribution in [2.24, 2.45) is 0 Å². The molecule has 0 aliphatic carbocycles. The maximum absolute atomic E-state index is 12.3. The number of nitrogens with zero attached hydrogens (tertiary/aromatic N) is 1. The van der Waals surface area contributed by atoms with Crippen molar-refractivity contribution in [3.8, 4) is 22.6 Å². The highest BCUT2D eigenvalue weighted by Crippen LogP contribution is 2.29. The molecule has 0 saturated carbocycles. The number of carbonyl (C=O) groups is 1. The summed E-state index contributed by atoms with van der Waals surface area (Å²) in [4.78, 5) is 16.5. The van der Waals surface area contributed by atoms with Gasteiger partial charge in [-0.05, 0) is 60.7 Å². The van der Waals surface area contributed by atoms with Gasteiger partial charge in [-0.15, -0.1) is 0 Å². The third kappa shape index (κ3) is 3.46. The van der Waals surface area contributed by atoms with Crippen LogP contribution in [0.25, 0.3) is 22.6 Å². The zero-order valence-electron chi connectivity index (χ0n) is 14.9. The zero-order valence-corrected chi connectivity index (χ0v) is 14.9. The molecule has 2 aromatic carbocycles. The molecule has 0 bridgehead atoms. The lowest BCUT2D eigenvalue weighted by Gasteiger charge is -2.11. The Kier molecular flexibility index (Phi) is 4.67. The first-order valence-corrected chi connectivity index (χ1v) is 9.06. The number of hydrogen-bond acceptors (Lipinski definition) is 4. The fourth-order valence-corrected chi connectivity index (χ4v) is 3.52. The fraction of sp³-hybridized carbons (Fsp3) is 0.273. The second-order valence-corrected chi connectivity index (χ2v) is 6.86. The molecule has 1 aliphatic heterocycles. The largest absolute Gasteiger partial charge is 0.445 e. The van der Waals surface area contributed by atoms with E-state index in [1.165, 1.54) is 5.56 Å². The molecular formula is C22H22N2O2. The van der Waals surface area contributed by atoms with Gasteiger partial charge in [-0.2, -0.15) is 0 Å². The molecule has 26 heavy (non-hydrogen) atoms. The molecule has 2 heterocycles. The maximum Gasteiger partial charge on any atom is 0.225 e. The van der Waals surface area contributed by atoms with Gasteiger partial charge in [-0.3, -0.25) is 4.79 Å². The Morgan fingerprint density at radius 1 is 1.19 bits per heavy atom. The summed E-state index contributed by atoms with van der Waals surface area (Å²) in [5.74, 6) is 0.912. The molecule has 0 amide bonds. The molecule has 4 rings (SSSR count). The molecule has 0 spiro atoms. The standard InChI is InChI=1S/C22H22N2O2/c1-15-4-7-18(22-24-11-12-26-22)14-19(15)17-8-5-16(6-9-17)13-21(25)20-3-2-10-23-20/h4-9,11-12,14,20,23H,2-3,10,13H2,1H3. The lowest BCUT2D eigenvalue weighted by molar-refractivity contribution is -0.120. The van der Waals surface area contributed by atoms with Crippen LogP contribution in [0.5, 0.6) is 0 Å². The highest BCUT2D eigenvalue weighted by Gasteiger charge is 2.21. The number of oxazole rings is 1. The van der Waals surface area contributed by atoms with Crippen molar-refractivity contribution in [2.45, 2.75) is 32.2 Å². The van der Waals surface area contributed by atoms with Crippen molar-refractivity contribution >= 4 is 5.78 Å². The van der Waals surface area contributed by atoms with Crippen molar-refractivity contribution < 1.29 is 9.21 Å². The Labute approximate surface area is 153 Å². The smallest absolute Gasteiger partial charge is 0.225 e. The minimum absolute atomic E-state index is 0.0365. The average Bonchev–Trinajstić information content (AvgIpc) is 3.37. The molecule has 4 nitrogen and oxygen atoms in total. The lowest BCUT2D eigenvalue weighted by atomic mass is 9.95. The molecule has 3 aromatic rings. The van der Waals surface area contributed by atoms with Gasteiger partial charge in [0.1, 0.15) is 6.26 Å². The number of aryl methyl sites for hydroxylation is 1. The molecular weight excluding hydrogens is 324 g/mol. The van der Waals surface area contributed by atoms with E-state index in [0.717, 1.165) is 41.6 Å². The van der Waals surface area contributed by atoms with Crippen LogP contribution in [0, 0.1) is 6.92 Å². The average molecular weight is 346 g/mol. The van der Waals surface area contributed by atoms with Crippen LogP contribution in [-0.4, -0.2) is 23.4 Å². The maximum atomic E-state index is 12.3. The summed E-state index contributed by atoms with van der Waals surface area (Å²) in [7, 11) is 0. The van der Waals surface area contributed by atoms with Crippen molar-refractivity contribution in [3.05, 3.63) is 66.1 Å². The van der Waals surface area contributed by atoms with Crippen LogP contribution in [-0.2, 0) is 11.2 Å². The molecule has 4 heteroatoms. The number of Topliss-reactive ketones (excluding diaryl/α,β-unsaturated/α-hetero) is 1. The van der Waals surface area contributed by atoms with Crippen molar-refractivity contribution in [3.63, 3.8) is 0 Å². The van der Waals surface area contributed by atoms with E-state index in [-0.39, 0.29) is 11.8 Å². The summed E-state index contributed by atoms with van der Waals surface area (Å²) >= 11 is 0. The van der Waals surface area contributed by atoms with Crippen LogP contribution < -0.4 is 5.32 Å². The van der Waals surface area contributed by atoms with E-state index >= 15 is 0 Å². The first-order chi connectivity index (χ1) is 12.7. The summed E-state index contributed by atoms with van der Waals surface area (Å²) in [6, 6.07) is 14.5. The van der Waals surface area contributed by atoms with Gasteiger partial charge in [0.05, 0.1) is 12.2 Å². The van der Waals surface area contributed by atoms with E-state index in [0.29, 0.717) is 12.3 Å². The van der Waals surface area contributed by atoms with Crippen LogP contribution in [0.3, 0.4) is 0 Å². The van der Waals surface area contributed by atoms with Gasteiger partial charge < -0.3 is 9.73 Å². The fourth-order valence-electron chi connectivity index (χ4n) is 3.52. The number of carbonyl (C=O) groups excluding carboxylic acids is 1. The summed E-state index contributed by atoms with van der Waals surface area (Å²) in [6.45, 7) is 3.05. The Bertz CT molecular complexity index is 892. The molecule has 1 saturated heterocycles. The molecule has 1 aliphatic rings. The molecule has 1 unspecified atom stereocenters. The van der Waals surface area contributed by atoms with Gasteiger partial charge in [0, 0.05) is 12.0 Å². The van der Waals surface area contributed by atoms with E-state index in [1.54, 1.807) is 12.5 Å². The number of benzene rings is 2. The van der Waals surface area contributed by atoms with E-state index in [1.807, 2.05) is 6.07 Å². The molecule has 1 fully saturated rings. The summed E-state index contributed by atoms with van der Waals surface area (Å²) < 4.78 is 5.41.